The van der Waals surface area contributed by atoms with Gasteiger partial charge in [0.2, 0.25) is 0 Å². The van der Waals surface area contributed by atoms with Crippen LogP contribution in [-0.2, 0) is 14.3 Å². The molecule has 1 aliphatic carbocycles. The fourth-order valence-electron chi connectivity index (χ4n) is 3.63. The van der Waals surface area contributed by atoms with E-state index in [1.165, 1.54) is 0 Å². The molecule has 0 aliphatic heterocycles. The third-order valence-corrected chi connectivity index (χ3v) is 4.93. The Bertz CT molecular complexity index is 879. The Kier molecular flexibility index (Phi) is 6.29. The number of Topliss-reactive ketones (excluding diaryl/α,β-unsaturated/α-hetero) is 1. The van der Waals surface area contributed by atoms with Gasteiger partial charge in [-0.1, -0.05) is 62.4 Å². The lowest BCUT2D eigenvalue weighted by atomic mass is 9.98. The fourth-order valence-corrected chi connectivity index (χ4v) is 3.63. The van der Waals surface area contributed by atoms with E-state index in [1.807, 2.05) is 62.4 Å². The molecule has 3 N–H and O–H groups in total. The van der Waals surface area contributed by atoms with Crippen LogP contribution >= 0.6 is 0 Å². The van der Waals surface area contributed by atoms with Crippen molar-refractivity contribution in [3.63, 3.8) is 0 Å². The molecule has 0 bridgehead atoms. The number of ketones is 1. The van der Waals surface area contributed by atoms with Crippen LogP contribution < -0.4 is 10.9 Å². The number of carbonyl (C=O) groups excluding carboxylic acids is 2. The fraction of sp³-hybridized carbons (Fsp3) is 0.318. The van der Waals surface area contributed by atoms with Gasteiger partial charge in [-0.3, -0.25) is 10.2 Å². The van der Waals surface area contributed by atoms with Gasteiger partial charge in [0.25, 0.3) is 5.78 Å². The molecule has 0 saturated carbocycles. The van der Waals surface area contributed by atoms with E-state index in [-0.39, 0.29) is 24.9 Å². The Morgan fingerprint density at radius 2 is 1.55 bits per heavy atom. The van der Waals surface area contributed by atoms with E-state index in [0.29, 0.717) is 0 Å². The highest BCUT2D eigenvalue weighted by atomic mass is 16.6. The SMILES string of the molecule is CC(C)C[C@H](NNC(=O)OCC1c2ccccc2-c2ccccc21)C(=O)C(=O)O. The van der Waals surface area contributed by atoms with Crippen LogP contribution in [0.4, 0.5) is 4.79 Å². The second-order valence-corrected chi connectivity index (χ2v) is 7.45. The van der Waals surface area contributed by atoms with Gasteiger partial charge >= 0.3 is 12.1 Å². The summed E-state index contributed by atoms with van der Waals surface area (Å²) in [7, 11) is 0. The lowest BCUT2D eigenvalue weighted by Crippen LogP contribution is -2.50. The molecule has 0 spiro atoms. The Morgan fingerprint density at radius 1 is 1.00 bits per heavy atom. The van der Waals surface area contributed by atoms with Gasteiger partial charge in [0.05, 0.1) is 6.04 Å². The Balaban J connectivity index is 1.62. The van der Waals surface area contributed by atoms with E-state index < -0.39 is 23.9 Å². The van der Waals surface area contributed by atoms with Crippen LogP contribution in [0.5, 0.6) is 0 Å². The van der Waals surface area contributed by atoms with Gasteiger partial charge in [-0.2, -0.15) is 0 Å². The highest BCUT2D eigenvalue weighted by Crippen LogP contribution is 2.44. The lowest BCUT2D eigenvalue weighted by molar-refractivity contribution is -0.150. The Morgan fingerprint density at radius 3 is 2.07 bits per heavy atom. The number of fused-ring (bicyclic) bond motifs is 3. The van der Waals surface area contributed by atoms with E-state index >= 15 is 0 Å². The monoisotopic (exact) mass is 396 g/mol. The normalized spacial score (nSPS) is 13.5. The summed E-state index contributed by atoms with van der Waals surface area (Å²) in [5.41, 5.74) is 9.22. The van der Waals surface area contributed by atoms with Crippen molar-refractivity contribution < 1.29 is 24.2 Å². The Hall–Kier alpha value is -3.19. The highest BCUT2D eigenvalue weighted by Gasteiger charge is 2.30. The van der Waals surface area contributed by atoms with Crippen LogP contribution in [0.15, 0.2) is 48.5 Å². The van der Waals surface area contributed by atoms with Gasteiger partial charge < -0.3 is 9.84 Å². The molecule has 0 aromatic heterocycles. The Labute approximate surface area is 169 Å². The number of carboxylic acids is 1. The molecule has 1 atom stereocenters. The first-order chi connectivity index (χ1) is 13.9. The molecule has 2 aromatic rings. The summed E-state index contributed by atoms with van der Waals surface area (Å²) >= 11 is 0. The summed E-state index contributed by atoms with van der Waals surface area (Å²) in [6.07, 6.45) is -0.492. The zero-order valence-corrected chi connectivity index (χ0v) is 16.3. The van der Waals surface area contributed by atoms with Crippen LogP contribution in [0.3, 0.4) is 0 Å². The quantitative estimate of drug-likeness (QED) is 0.468. The standard InChI is InChI=1S/C22H24N2O5/c1-13(2)11-19(20(25)21(26)27)23-24-22(28)29-12-18-16-9-5-3-7-14(16)15-8-4-6-10-17(15)18/h3-10,13,18-19,23H,11-12H2,1-2H3,(H,24,28)(H,26,27)/t19-/m0/s1. The predicted molar refractivity (Wildman–Crippen MR) is 107 cm³/mol. The summed E-state index contributed by atoms with van der Waals surface area (Å²) < 4.78 is 5.36. The summed E-state index contributed by atoms with van der Waals surface area (Å²) in [5, 5.41) is 8.93. The van der Waals surface area contributed by atoms with E-state index in [0.717, 1.165) is 22.3 Å². The van der Waals surface area contributed by atoms with E-state index in [1.54, 1.807) is 0 Å². The minimum atomic E-state index is -1.54. The third kappa shape index (κ3) is 4.63. The summed E-state index contributed by atoms with van der Waals surface area (Å²) in [6, 6.07) is 15.0. The predicted octanol–water partition coefficient (Wildman–Crippen LogP) is 3.10. The molecule has 7 nitrogen and oxygen atoms in total. The van der Waals surface area contributed by atoms with Crippen molar-refractivity contribution in [2.45, 2.75) is 32.2 Å². The number of nitrogens with one attached hydrogen (secondary N) is 2. The zero-order chi connectivity index (χ0) is 21.0. The molecule has 0 fully saturated rings. The van der Waals surface area contributed by atoms with E-state index in [4.69, 9.17) is 9.84 Å². The molecular weight excluding hydrogens is 372 g/mol. The molecular formula is C22H24N2O5. The smallest absolute Gasteiger partial charge is 0.421 e. The van der Waals surface area contributed by atoms with Gasteiger partial charge in [0.1, 0.15) is 6.61 Å². The number of carboxylic acid groups (broad SMARTS) is 1. The number of benzene rings is 2. The number of rotatable bonds is 8. The van der Waals surface area contributed by atoms with Crippen molar-refractivity contribution in [2.75, 3.05) is 6.61 Å². The van der Waals surface area contributed by atoms with Crippen LogP contribution in [-0.4, -0.2) is 35.6 Å². The largest absolute Gasteiger partial charge is 0.475 e. The molecule has 0 radical (unpaired) electrons. The molecule has 7 heteroatoms. The van der Waals surface area contributed by atoms with Crippen LogP contribution in [0.25, 0.3) is 11.1 Å². The summed E-state index contributed by atoms with van der Waals surface area (Å²) in [4.78, 5) is 34.9. The van der Waals surface area contributed by atoms with Crippen molar-refractivity contribution in [3.8, 4) is 11.1 Å². The number of ether oxygens (including phenoxy) is 1. The number of aliphatic carboxylic acids is 1. The maximum absolute atomic E-state index is 12.2. The van der Waals surface area contributed by atoms with Crippen molar-refractivity contribution in [2.24, 2.45) is 5.92 Å². The average molecular weight is 396 g/mol. The zero-order valence-electron chi connectivity index (χ0n) is 16.3. The molecule has 152 valence electrons. The topological polar surface area (TPSA) is 105 Å². The minimum Gasteiger partial charge on any atom is -0.475 e. The second kappa shape index (κ2) is 8.87. The number of carbonyl (C=O) groups is 3. The first-order valence-electron chi connectivity index (χ1n) is 9.52. The molecule has 1 amide bonds. The van der Waals surface area contributed by atoms with Crippen LogP contribution in [0.2, 0.25) is 0 Å². The third-order valence-electron chi connectivity index (χ3n) is 4.93. The first-order valence-corrected chi connectivity index (χ1v) is 9.52. The summed E-state index contributed by atoms with van der Waals surface area (Å²) in [5.74, 6) is -2.56. The van der Waals surface area contributed by atoms with Gasteiger partial charge in [0, 0.05) is 5.92 Å². The molecule has 2 aromatic carbocycles. The average Bonchev–Trinajstić information content (AvgIpc) is 3.02. The van der Waals surface area contributed by atoms with Gasteiger partial charge in [0.15, 0.2) is 0 Å². The summed E-state index contributed by atoms with van der Waals surface area (Å²) in [6.45, 7) is 3.84. The minimum absolute atomic E-state index is 0.0695. The molecule has 0 unspecified atom stereocenters. The van der Waals surface area contributed by atoms with Gasteiger partial charge in [-0.25, -0.2) is 15.0 Å². The maximum atomic E-state index is 12.2. The second-order valence-electron chi connectivity index (χ2n) is 7.45. The number of hydrogen-bond acceptors (Lipinski definition) is 5. The van der Waals surface area contributed by atoms with Crippen LogP contribution in [0.1, 0.15) is 37.3 Å². The van der Waals surface area contributed by atoms with Gasteiger partial charge in [-0.15, -0.1) is 0 Å². The van der Waals surface area contributed by atoms with Crippen molar-refractivity contribution in [1.29, 1.82) is 0 Å². The lowest BCUT2D eigenvalue weighted by Gasteiger charge is -2.19. The van der Waals surface area contributed by atoms with E-state index in [2.05, 4.69) is 10.9 Å². The van der Waals surface area contributed by atoms with Crippen molar-refractivity contribution in [1.82, 2.24) is 10.9 Å². The first kappa shape index (κ1) is 20.5. The van der Waals surface area contributed by atoms with Crippen molar-refractivity contribution in [3.05, 3.63) is 59.7 Å². The molecule has 0 heterocycles. The highest BCUT2D eigenvalue weighted by molar-refractivity contribution is 6.34. The molecule has 29 heavy (non-hydrogen) atoms. The maximum Gasteiger partial charge on any atom is 0.421 e. The van der Waals surface area contributed by atoms with Crippen molar-refractivity contribution >= 4 is 17.8 Å². The van der Waals surface area contributed by atoms with E-state index in [9.17, 15) is 14.4 Å². The molecule has 1 aliphatic rings. The molecule has 0 saturated heterocycles. The number of hydrogen-bond donors (Lipinski definition) is 3. The number of hydrazine groups is 1. The van der Waals surface area contributed by atoms with Gasteiger partial charge in [-0.05, 0) is 34.6 Å². The van der Waals surface area contributed by atoms with Crippen LogP contribution in [0, 0.1) is 5.92 Å². The molecule has 3 rings (SSSR count). The number of amides is 1.